The predicted molar refractivity (Wildman–Crippen MR) is 82.0 cm³/mol. The minimum Gasteiger partial charge on any atom is -0.478 e. The largest absolute Gasteiger partial charge is 0.478 e. The van der Waals surface area contributed by atoms with Crippen LogP contribution in [-0.2, 0) is 4.79 Å². The van der Waals surface area contributed by atoms with Crippen molar-refractivity contribution in [2.45, 2.75) is 19.4 Å². The van der Waals surface area contributed by atoms with E-state index in [4.69, 9.17) is 5.11 Å². The molecule has 1 N–H and O–H groups in total. The molecular weight excluding hydrogens is 252 g/mol. The van der Waals surface area contributed by atoms with Gasteiger partial charge < -0.3 is 10.0 Å². The van der Waals surface area contributed by atoms with Gasteiger partial charge >= 0.3 is 5.97 Å². The Balaban J connectivity index is 2.22. The monoisotopic (exact) mass is 274 g/mol. The van der Waals surface area contributed by atoms with Crippen molar-refractivity contribution in [3.05, 3.63) is 35.9 Å². The van der Waals surface area contributed by atoms with Crippen molar-refractivity contribution in [3.63, 3.8) is 0 Å². The highest BCUT2D eigenvalue weighted by Crippen LogP contribution is 2.25. The number of anilines is 1. The van der Waals surface area contributed by atoms with E-state index in [9.17, 15) is 4.79 Å². The van der Waals surface area contributed by atoms with Crippen LogP contribution in [0.5, 0.6) is 0 Å². The van der Waals surface area contributed by atoms with Crippen LogP contribution in [0.15, 0.2) is 30.3 Å². The molecule has 1 aliphatic rings. The number of piperazine rings is 1. The lowest BCUT2D eigenvalue weighted by molar-refractivity contribution is -0.131. The summed E-state index contributed by atoms with van der Waals surface area (Å²) in [6.45, 7) is 5.21. The fourth-order valence-corrected chi connectivity index (χ4v) is 2.68. The number of carboxylic acids is 1. The van der Waals surface area contributed by atoms with Gasteiger partial charge in [-0.15, -0.1) is 0 Å². The third kappa shape index (κ3) is 3.39. The smallest absolute Gasteiger partial charge is 0.328 e. The number of aliphatic carboxylic acids is 1. The van der Waals surface area contributed by atoms with E-state index in [-0.39, 0.29) is 0 Å². The van der Waals surface area contributed by atoms with Gasteiger partial charge in [0.1, 0.15) is 0 Å². The van der Waals surface area contributed by atoms with Crippen LogP contribution in [0.2, 0.25) is 0 Å². The summed E-state index contributed by atoms with van der Waals surface area (Å²) in [5, 5.41) is 8.78. The number of hydrogen-bond donors (Lipinski definition) is 1. The second-order valence-corrected chi connectivity index (χ2v) is 5.22. The summed E-state index contributed by atoms with van der Waals surface area (Å²) in [5.74, 6) is -0.912. The zero-order valence-electron chi connectivity index (χ0n) is 12.1. The lowest BCUT2D eigenvalue weighted by Crippen LogP contribution is -2.51. The summed E-state index contributed by atoms with van der Waals surface area (Å²) in [6, 6.07) is 8.54. The third-order valence-electron chi connectivity index (χ3n) is 3.93. The molecule has 0 spiro atoms. The molecule has 0 amide bonds. The van der Waals surface area contributed by atoms with Crippen molar-refractivity contribution in [1.29, 1.82) is 0 Å². The number of hydrogen-bond acceptors (Lipinski definition) is 3. The van der Waals surface area contributed by atoms with Crippen molar-refractivity contribution >= 4 is 17.7 Å². The van der Waals surface area contributed by atoms with Crippen LogP contribution in [0.1, 0.15) is 18.9 Å². The van der Waals surface area contributed by atoms with Crippen molar-refractivity contribution in [1.82, 2.24) is 4.90 Å². The van der Waals surface area contributed by atoms with Crippen molar-refractivity contribution in [2.24, 2.45) is 0 Å². The Morgan fingerprint density at radius 3 is 2.85 bits per heavy atom. The van der Waals surface area contributed by atoms with Crippen LogP contribution in [0.25, 0.3) is 6.08 Å². The lowest BCUT2D eigenvalue weighted by Gasteiger charge is -2.40. The van der Waals surface area contributed by atoms with Gasteiger partial charge in [-0.3, -0.25) is 4.90 Å². The number of nitrogens with zero attached hydrogens (tertiary/aromatic N) is 2. The van der Waals surface area contributed by atoms with Gasteiger partial charge in [-0.1, -0.05) is 25.1 Å². The van der Waals surface area contributed by atoms with Crippen molar-refractivity contribution < 1.29 is 9.90 Å². The molecular formula is C16H22N2O2. The number of benzene rings is 1. The fraction of sp³-hybridized carbons (Fsp3) is 0.438. The van der Waals surface area contributed by atoms with Crippen LogP contribution in [0.3, 0.4) is 0 Å². The molecule has 0 aliphatic carbocycles. The summed E-state index contributed by atoms with van der Waals surface area (Å²) in [7, 11) is 2.17. The zero-order valence-corrected chi connectivity index (χ0v) is 12.1. The van der Waals surface area contributed by atoms with Gasteiger partial charge in [0, 0.05) is 37.4 Å². The number of carboxylic acid groups (broad SMARTS) is 1. The highest BCUT2D eigenvalue weighted by atomic mass is 16.4. The molecule has 1 aromatic carbocycles. The molecule has 1 heterocycles. The molecule has 1 aromatic rings. The Labute approximate surface area is 120 Å². The Kier molecular flexibility index (Phi) is 4.79. The van der Waals surface area contributed by atoms with Gasteiger partial charge in [-0.25, -0.2) is 4.79 Å². The van der Waals surface area contributed by atoms with Crippen LogP contribution in [0, 0.1) is 0 Å². The molecule has 0 aromatic heterocycles. The second-order valence-electron chi connectivity index (χ2n) is 5.22. The average molecular weight is 274 g/mol. The standard InChI is InChI=1S/C16H22N2O2/c1-3-14-12-18(11-10-17(14)2)15-7-5-4-6-13(15)8-9-16(19)20/h4-9,14H,3,10-12H2,1-2H3,(H,19,20). The molecule has 4 nitrogen and oxygen atoms in total. The molecule has 0 bridgehead atoms. The summed E-state index contributed by atoms with van der Waals surface area (Å²) in [6.07, 6.45) is 4.00. The van der Waals surface area contributed by atoms with Gasteiger partial charge in [0.2, 0.25) is 0 Å². The van der Waals surface area contributed by atoms with E-state index in [2.05, 4.69) is 29.8 Å². The summed E-state index contributed by atoms with van der Waals surface area (Å²) >= 11 is 0. The predicted octanol–water partition coefficient (Wildman–Crippen LogP) is 2.31. The Morgan fingerprint density at radius 2 is 2.15 bits per heavy atom. The van der Waals surface area contributed by atoms with Gasteiger partial charge in [-0.05, 0) is 31.2 Å². The van der Waals surface area contributed by atoms with Crippen LogP contribution in [0.4, 0.5) is 5.69 Å². The molecule has 1 atom stereocenters. The molecule has 1 aliphatic heterocycles. The van der Waals surface area contributed by atoms with E-state index < -0.39 is 5.97 Å². The van der Waals surface area contributed by atoms with E-state index in [1.165, 1.54) is 6.08 Å². The van der Waals surface area contributed by atoms with Crippen LogP contribution < -0.4 is 4.90 Å². The summed E-state index contributed by atoms with van der Waals surface area (Å²) < 4.78 is 0. The molecule has 1 unspecified atom stereocenters. The number of likely N-dealkylation sites (N-methyl/N-ethyl adjacent to an activating group) is 1. The van der Waals surface area contributed by atoms with E-state index >= 15 is 0 Å². The Bertz CT molecular complexity index is 499. The average Bonchev–Trinajstić information content (AvgIpc) is 2.46. The first-order chi connectivity index (χ1) is 9.61. The van der Waals surface area contributed by atoms with Crippen molar-refractivity contribution in [3.8, 4) is 0 Å². The molecule has 20 heavy (non-hydrogen) atoms. The SMILES string of the molecule is CCC1CN(c2ccccc2C=CC(=O)O)CCN1C. The number of carbonyl (C=O) groups is 1. The first kappa shape index (κ1) is 14.6. The Hall–Kier alpha value is -1.81. The molecule has 0 saturated carbocycles. The third-order valence-corrected chi connectivity index (χ3v) is 3.93. The van der Waals surface area contributed by atoms with Gasteiger partial charge in [0.25, 0.3) is 0 Å². The fourth-order valence-electron chi connectivity index (χ4n) is 2.68. The molecule has 1 fully saturated rings. The first-order valence-corrected chi connectivity index (χ1v) is 7.07. The molecule has 2 rings (SSSR count). The van der Waals surface area contributed by atoms with E-state index in [1.807, 2.05) is 18.2 Å². The number of rotatable bonds is 4. The zero-order chi connectivity index (χ0) is 14.5. The summed E-state index contributed by atoms with van der Waals surface area (Å²) in [5.41, 5.74) is 2.09. The lowest BCUT2D eigenvalue weighted by atomic mass is 10.1. The minimum absolute atomic E-state index is 0.556. The van der Waals surface area contributed by atoms with E-state index in [1.54, 1.807) is 6.08 Å². The highest BCUT2D eigenvalue weighted by Gasteiger charge is 2.23. The molecule has 0 radical (unpaired) electrons. The van der Waals surface area contributed by atoms with E-state index in [0.29, 0.717) is 6.04 Å². The first-order valence-electron chi connectivity index (χ1n) is 7.07. The maximum absolute atomic E-state index is 10.7. The van der Waals surface area contributed by atoms with Crippen LogP contribution in [-0.4, -0.2) is 48.7 Å². The van der Waals surface area contributed by atoms with Crippen LogP contribution >= 0.6 is 0 Å². The van der Waals surface area contributed by atoms with Crippen molar-refractivity contribution in [2.75, 3.05) is 31.6 Å². The second kappa shape index (κ2) is 6.57. The maximum Gasteiger partial charge on any atom is 0.328 e. The highest BCUT2D eigenvalue weighted by molar-refractivity contribution is 5.87. The molecule has 4 heteroatoms. The minimum atomic E-state index is -0.912. The molecule has 108 valence electrons. The molecule has 1 saturated heterocycles. The number of para-hydroxylation sites is 1. The quantitative estimate of drug-likeness (QED) is 0.856. The normalized spacial score (nSPS) is 20.5. The van der Waals surface area contributed by atoms with Gasteiger partial charge in [0.05, 0.1) is 0 Å². The topological polar surface area (TPSA) is 43.8 Å². The Morgan fingerprint density at radius 1 is 1.40 bits per heavy atom. The van der Waals surface area contributed by atoms with Gasteiger partial charge in [-0.2, -0.15) is 0 Å². The van der Waals surface area contributed by atoms with E-state index in [0.717, 1.165) is 37.3 Å². The van der Waals surface area contributed by atoms with Gasteiger partial charge in [0.15, 0.2) is 0 Å². The summed E-state index contributed by atoms with van der Waals surface area (Å²) in [4.78, 5) is 15.4. The maximum atomic E-state index is 10.7.